The molecular formula is C72H41N. The second kappa shape index (κ2) is 14.5. The van der Waals surface area contributed by atoms with Gasteiger partial charge in [-0.25, -0.2) is 0 Å². The van der Waals surface area contributed by atoms with Crippen molar-refractivity contribution in [1.29, 1.82) is 0 Å². The predicted molar refractivity (Wildman–Crippen MR) is 311 cm³/mol. The van der Waals surface area contributed by atoms with Crippen LogP contribution < -0.4 is 0 Å². The zero-order chi connectivity index (χ0) is 47.5. The molecule has 334 valence electrons. The van der Waals surface area contributed by atoms with Gasteiger partial charge in [0.05, 0.1) is 11.0 Å². The maximum atomic E-state index is 2.53. The van der Waals surface area contributed by atoms with Crippen molar-refractivity contribution < 1.29 is 0 Å². The van der Waals surface area contributed by atoms with Gasteiger partial charge in [-0.05, 0) is 185 Å². The number of rotatable bonds is 4. The van der Waals surface area contributed by atoms with Gasteiger partial charge in [0.2, 0.25) is 0 Å². The van der Waals surface area contributed by atoms with Crippen molar-refractivity contribution in [3.8, 4) is 83.6 Å². The molecule has 0 amide bonds. The number of fused-ring (bicyclic) bond motifs is 15. The van der Waals surface area contributed by atoms with Gasteiger partial charge in [0.15, 0.2) is 0 Å². The van der Waals surface area contributed by atoms with Gasteiger partial charge < -0.3 is 4.57 Å². The first-order chi connectivity index (χ1) is 36.2. The number of nitrogens with zero attached hydrogens (tertiary/aromatic N) is 1. The molecule has 0 radical (unpaired) electrons. The summed E-state index contributed by atoms with van der Waals surface area (Å²) in [4.78, 5) is 0. The molecule has 0 N–H and O–H groups in total. The van der Waals surface area contributed by atoms with Crippen LogP contribution in [0.15, 0.2) is 249 Å². The van der Waals surface area contributed by atoms with Crippen LogP contribution in [0.1, 0.15) is 0 Å². The van der Waals surface area contributed by atoms with Crippen LogP contribution in [0.4, 0.5) is 0 Å². The summed E-state index contributed by atoms with van der Waals surface area (Å²) in [5.41, 5.74) is 21.6. The van der Waals surface area contributed by atoms with E-state index in [9.17, 15) is 0 Å². The van der Waals surface area contributed by atoms with Crippen molar-refractivity contribution in [2.45, 2.75) is 0 Å². The minimum absolute atomic E-state index is 1.18. The molecule has 0 aliphatic heterocycles. The highest BCUT2D eigenvalue weighted by Crippen LogP contribution is 2.54. The van der Waals surface area contributed by atoms with Gasteiger partial charge in [-0.15, -0.1) is 0 Å². The monoisotopic (exact) mass is 919 g/mol. The number of hydrogen-bond donors (Lipinski definition) is 0. The third-order valence-electron chi connectivity index (χ3n) is 16.6. The summed E-state index contributed by atoms with van der Waals surface area (Å²) in [6.45, 7) is 0. The summed E-state index contributed by atoms with van der Waals surface area (Å²) in [6.07, 6.45) is 0. The molecule has 1 nitrogen and oxygen atoms in total. The Hall–Kier alpha value is -9.56. The normalized spacial score (nSPS) is 12.4. The van der Waals surface area contributed by atoms with Crippen molar-refractivity contribution in [3.05, 3.63) is 249 Å². The van der Waals surface area contributed by atoms with E-state index in [0.29, 0.717) is 0 Å². The van der Waals surface area contributed by atoms with E-state index < -0.39 is 0 Å². The van der Waals surface area contributed by atoms with E-state index >= 15 is 0 Å². The highest BCUT2D eigenvalue weighted by atomic mass is 15.0. The quantitative estimate of drug-likeness (QED) is 0.166. The van der Waals surface area contributed by atoms with E-state index in [0.717, 1.165) is 0 Å². The zero-order valence-electron chi connectivity index (χ0n) is 39.6. The molecule has 14 aromatic carbocycles. The minimum atomic E-state index is 1.18. The number of benzene rings is 14. The number of aromatic nitrogens is 1. The summed E-state index contributed by atoms with van der Waals surface area (Å²) >= 11 is 0. The largest absolute Gasteiger partial charge is 0.309 e. The van der Waals surface area contributed by atoms with E-state index in [1.807, 2.05) is 0 Å². The molecule has 1 heteroatoms. The summed E-state index contributed by atoms with van der Waals surface area (Å²) in [6, 6.07) is 93.7. The molecule has 15 aromatic rings. The molecule has 0 saturated heterocycles. The van der Waals surface area contributed by atoms with Crippen LogP contribution in [-0.2, 0) is 0 Å². The van der Waals surface area contributed by atoms with Crippen LogP contribution in [0.3, 0.4) is 0 Å². The molecule has 0 spiro atoms. The highest BCUT2D eigenvalue weighted by Gasteiger charge is 2.28. The van der Waals surface area contributed by atoms with E-state index in [-0.39, 0.29) is 0 Å². The lowest BCUT2D eigenvalue weighted by Crippen LogP contribution is -1.95. The molecule has 0 fully saturated rings. The van der Waals surface area contributed by atoms with Crippen molar-refractivity contribution in [2.24, 2.45) is 0 Å². The van der Waals surface area contributed by atoms with Crippen LogP contribution in [0.2, 0.25) is 0 Å². The van der Waals surface area contributed by atoms with Gasteiger partial charge in [-0.3, -0.25) is 0 Å². The Balaban J connectivity index is 0.862. The molecule has 0 atom stereocenters. The summed E-state index contributed by atoms with van der Waals surface area (Å²) in [7, 11) is 0. The SMILES string of the molecule is c1ccc2c(c1)-c1cccc3cc(-n4c5ccc6ccccc6c5c5c6cc(-c7cccc8c7-c7cccc9cc(-c%10ccc(-c%11cccc%12ccccc%11%12)c%11ccccc%10%11)cc-8c79)ccc6ccc54)cc-2c13. The molecule has 2 aliphatic rings. The molecule has 0 saturated carbocycles. The molecule has 1 heterocycles. The van der Waals surface area contributed by atoms with Crippen molar-refractivity contribution in [2.75, 3.05) is 0 Å². The summed E-state index contributed by atoms with van der Waals surface area (Å²) < 4.78 is 2.53. The topological polar surface area (TPSA) is 4.93 Å². The highest BCUT2D eigenvalue weighted by molar-refractivity contribution is 6.30. The van der Waals surface area contributed by atoms with Gasteiger partial charge in [0.1, 0.15) is 0 Å². The third kappa shape index (κ3) is 5.35. The average molecular weight is 920 g/mol. The third-order valence-corrected chi connectivity index (χ3v) is 16.6. The lowest BCUT2D eigenvalue weighted by molar-refractivity contribution is 1.19. The number of hydrogen-bond acceptors (Lipinski definition) is 0. The van der Waals surface area contributed by atoms with E-state index in [1.54, 1.807) is 0 Å². The average Bonchev–Trinajstić information content (AvgIpc) is 4.10. The van der Waals surface area contributed by atoms with Gasteiger partial charge in [-0.1, -0.05) is 206 Å². The first-order valence-corrected chi connectivity index (χ1v) is 25.5. The van der Waals surface area contributed by atoms with Crippen molar-refractivity contribution in [1.82, 2.24) is 4.57 Å². The van der Waals surface area contributed by atoms with Crippen molar-refractivity contribution in [3.63, 3.8) is 0 Å². The first kappa shape index (κ1) is 39.2. The fraction of sp³-hybridized carbons (Fsp3) is 0. The standard InChI is InChI=1S/C72H41N/c1-3-18-50-42(13-1)15-9-25-55(50)59-34-33-51(54-20-5-6-21-56(54)59)48-37-46-16-11-28-62-69(46)64(40-48)61-27-12-24-53(70(61)62)45-30-29-44-32-36-67-72(63(44)39-45)71-52-19-4-2-14-43(52)31-35-66(71)73(67)49-38-47-17-10-26-60-57-22-7-8-23-58(57)65(41-49)68(47)60/h1-41H. The molecule has 0 unspecified atom stereocenters. The molecule has 2 aliphatic carbocycles. The predicted octanol–water partition coefficient (Wildman–Crippen LogP) is 20.0. The Morgan fingerprint density at radius 2 is 0.699 bits per heavy atom. The van der Waals surface area contributed by atoms with Crippen molar-refractivity contribution >= 4 is 86.4 Å². The molecule has 1 aromatic heterocycles. The lowest BCUT2D eigenvalue weighted by Gasteiger charge is -2.15. The van der Waals surface area contributed by atoms with Crippen LogP contribution >= 0.6 is 0 Å². The molecule has 0 bridgehead atoms. The van der Waals surface area contributed by atoms with Crippen LogP contribution in [0.25, 0.3) is 170 Å². The van der Waals surface area contributed by atoms with Crippen LogP contribution in [-0.4, -0.2) is 4.57 Å². The van der Waals surface area contributed by atoms with Crippen LogP contribution in [0.5, 0.6) is 0 Å². The Morgan fingerprint density at radius 3 is 1.51 bits per heavy atom. The van der Waals surface area contributed by atoms with E-state index in [2.05, 4.69) is 253 Å². The second-order valence-corrected chi connectivity index (χ2v) is 20.2. The molecule has 17 rings (SSSR count). The van der Waals surface area contributed by atoms with E-state index in [1.165, 1.54) is 170 Å². The minimum Gasteiger partial charge on any atom is -0.309 e. The smallest absolute Gasteiger partial charge is 0.0547 e. The fourth-order valence-corrected chi connectivity index (χ4v) is 13.5. The maximum absolute atomic E-state index is 2.53. The van der Waals surface area contributed by atoms with Gasteiger partial charge >= 0.3 is 0 Å². The Morgan fingerprint density at radius 1 is 0.205 bits per heavy atom. The maximum Gasteiger partial charge on any atom is 0.0547 e. The Labute approximate surface area is 421 Å². The summed E-state index contributed by atoms with van der Waals surface area (Å²) in [5.74, 6) is 0. The molecular weight excluding hydrogens is 879 g/mol. The fourth-order valence-electron chi connectivity index (χ4n) is 13.5. The van der Waals surface area contributed by atoms with Crippen LogP contribution in [0, 0.1) is 0 Å². The zero-order valence-corrected chi connectivity index (χ0v) is 39.6. The van der Waals surface area contributed by atoms with Gasteiger partial charge in [0, 0.05) is 16.5 Å². The summed E-state index contributed by atoms with van der Waals surface area (Å²) in [5, 5.41) is 17.9. The van der Waals surface area contributed by atoms with Gasteiger partial charge in [-0.2, -0.15) is 0 Å². The van der Waals surface area contributed by atoms with E-state index in [4.69, 9.17) is 0 Å². The molecule has 73 heavy (non-hydrogen) atoms. The lowest BCUT2D eigenvalue weighted by atomic mass is 9.88. The van der Waals surface area contributed by atoms with Gasteiger partial charge in [0.25, 0.3) is 0 Å². The Kier molecular flexibility index (Phi) is 7.79. The first-order valence-electron chi connectivity index (χ1n) is 25.5. The second-order valence-electron chi connectivity index (χ2n) is 20.2. The Bertz CT molecular complexity index is 4960.